The van der Waals surface area contributed by atoms with E-state index in [1.54, 1.807) is 92.8 Å². The number of hydrogen-bond donors (Lipinski definition) is 4. The van der Waals surface area contributed by atoms with E-state index in [1.165, 1.54) is 24.0 Å². The number of aromatic nitrogens is 1. The van der Waals surface area contributed by atoms with E-state index in [9.17, 15) is 24.0 Å². The summed E-state index contributed by atoms with van der Waals surface area (Å²) in [4.78, 5) is 106. The van der Waals surface area contributed by atoms with Crippen molar-refractivity contribution in [3.05, 3.63) is 137 Å². The number of rotatable bonds is 14. The van der Waals surface area contributed by atoms with Gasteiger partial charge >= 0.3 is 30.2 Å². The highest BCUT2D eigenvalue weighted by atomic mass is 16.6. The summed E-state index contributed by atoms with van der Waals surface area (Å²) in [6.45, 7) is 15.3. The van der Waals surface area contributed by atoms with E-state index < -0.39 is 94.6 Å². The van der Waals surface area contributed by atoms with Gasteiger partial charge in [-0.2, -0.15) is 0 Å². The van der Waals surface area contributed by atoms with Crippen molar-refractivity contribution in [3.8, 4) is 0 Å². The monoisotopic (exact) mass is 1030 g/mol. The molecule has 1 fully saturated rings. The maximum atomic E-state index is 15.2. The number of methoxy groups -OCH3 is 2. The molecule has 6 atom stereocenters. The van der Waals surface area contributed by atoms with Gasteiger partial charge in [-0.05, 0) is 103 Å². The van der Waals surface area contributed by atoms with Gasteiger partial charge in [0.05, 0.1) is 25.3 Å². The molecule has 18 heteroatoms. The standard InChI is InChI=1S/C57H68N6O12/c1-54(2,3)73-51(68)61-40(46(64)59-41(48(66)71-10)29-34-21-14-12-15-22-34)31-36-33-58-45-37(36)25-20-27-39(45)57-32-44(47(65)60-42(49(67)72-11)30-35-23-16-13-17-24-35)63(53(70)75-56(7,8)9)50(57)62(52(69)74-55(4,5)6)43-28-19-18-26-38(43)57/h12-28,33,40-42,44,50,58H,29-32H2,1-11H3,(H,59,64)(H,60,65)(H,61,68)/t40?,41-,42-,44+,50-,57-/m1/s1. The topological polar surface area (TPSA) is 224 Å². The van der Waals surface area contributed by atoms with Crippen LogP contribution in [0.5, 0.6) is 0 Å². The zero-order valence-corrected chi connectivity index (χ0v) is 44.4. The highest BCUT2D eigenvalue weighted by Crippen LogP contribution is 2.59. The number of hydrogen-bond acceptors (Lipinski definition) is 12. The molecule has 7 rings (SSSR count). The first-order valence-corrected chi connectivity index (χ1v) is 24.9. The quantitative estimate of drug-likeness (QED) is 0.0618. The van der Waals surface area contributed by atoms with Crippen LogP contribution in [0.3, 0.4) is 0 Å². The van der Waals surface area contributed by atoms with Crippen LogP contribution in [0.2, 0.25) is 0 Å². The van der Waals surface area contributed by atoms with Gasteiger partial charge < -0.3 is 44.6 Å². The summed E-state index contributed by atoms with van der Waals surface area (Å²) in [6, 6.07) is 25.8. The molecule has 5 aromatic rings. The molecule has 2 aliphatic rings. The van der Waals surface area contributed by atoms with E-state index in [2.05, 4.69) is 20.9 Å². The molecule has 0 bridgehead atoms. The molecule has 0 saturated carbocycles. The maximum Gasteiger partial charge on any atom is 0.416 e. The average molecular weight is 1030 g/mol. The molecular weight excluding hydrogens is 961 g/mol. The molecular formula is C57H68N6O12. The van der Waals surface area contributed by atoms with Crippen LogP contribution in [0, 0.1) is 0 Å². The normalized spacial score (nSPS) is 18.4. The zero-order chi connectivity index (χ0) is 54.6. The summed E-state index contributed by atoms with van der Waals surface area (Å²) in [5.74, 6) is -2.80. The van der Waals surface area contributed by atoms with E-state index >= 15 is 9.59 Å². The maximum absolute atomic E-state index is 15.2. The highest BCUT2D eigenvalue weighted by Gasteiger charge is 2.67. The smallest absolute Gasteiger partial charge is 0.416 e. The van der Waals surface area contributed by atoms with E-state index in [4.69, 9.17) is 23.7 Å². The molecule has 0 radical (unpaired) electrons. The van der Waals surface area contributed by atoms with Gasteiger partial charge in [0.1, 0.15) is 47.1 Å². The molecule has 1 saturated heterocycles. The fraction of sp³-hybridized carbons (Fsp3) is 0.421. The van der Waals surface area contributed by atoms with Crippen molar-refractivity contribution in [2.24, 2.45) is 0 Å². The largest absolute Gasteiger partial charge is 0.467 e. The molecule has 75 heavy (non-hydrogen) atoms. The lowest BCUT2D eigenvalue weighted by molar-refractivity contribution is -0.145. The van der Waals surface area contributed by atoms with E-state index in [-0.39, 0.29) is 25.7 Å². The first-order chi connectivity index (χ1) is 35.3. The predicted molar refractivity (Wildman–Crippen MR) is 280 cm³/mol. The van der Waals surface area contributed by atoms with Crippen molar-refractivity contribution in [2.45, 2.75) is 141 Å². The van der Waals surface area contributed by atoms with Crippen LogP contribution in [0.25, 0.3) is 10.9 Å². The van der Waals surface area contributed by atoms with Gasteiger partial charge in [0, 0.05) is 36.4 Å². The third-order valence-corrected chi connectivity index (χ3v) is 12.8. The molecule has 2 aliphatic heterocycles. The third-order valence-electron chi connectivity index (χ3n) is 12.8. The Kier molecular flexibility index (Phi) is 16.0. The first kappa shape index (κ1) is 54.9. The van der Waals surface area contributed by atoms with E-state index in [0.29, 0.717) is 33.3 Å². The Morgan fingerprint density at radius 1 is 0.600 bits per heavy atom. The summed E-state index contributed by atoms with van der Waals surface area (Å²) < 4.78 is 28.1. The van der Waals surface area contributed by atoms with Gasteiger partial charge in [-0.25, -0.2) is 24.0 Å². The number of nitrogens with one attached hydrogen (secondary N) is 4. The molecule has 5 amide bonds. The summed E-state index contributed by atoms with van der Waals surface area (Å²) >= 11 is 0. The number of aromatic amines is 1. The van der Waals surface area contributed by atoms with E-state index in [0.717, 1.165) is 11.1 Å². The number of fused-ring (bicyclic) bond motifs is 4. The Labute approximate surface area is 437 Å². The van der Waals surface area contributed by atoms with Crippen LogP contribution in [-0.2, 0) is 67.5 Å². The fourth-order valence-corrected chi connectivity index (χ4v) is 9.91. The van der Waals surface area contributed by atoms with Crippen molar-refractivity contribution in [3.63, 3.8) is 0 Å². The molecule has 4 N–H and O–H groups in total. The summed E-state index contributed by atoms with van der Waals surface area (Å²) in [7, 11) is 2.45. The van der Waals surface area contributed by atoms with Gasteiger partial charge in [0.25, 0.3) is 0 Å². The second kappa shape index (κ2) is 21.9. The Bertz CT molecular complexity index is 2920. The number of likely N-dealkylation sites (tertiary alicyclic amines) is 1. The molecule has 3 heterocycles. The predicted octanol–water partition coefficient (Wildman–Crippen LogP) is 7.78. The van der Waals surface area contributed by atoms with Crippen LogP contribution in [0.4, 0.5) is 20.1 Å². The highest BCUT2D eigenvalue weighted by molar-refractivity contribution is 6.00. The minimum atomic E-state index is -1.43. The van der Waals surface area contributed by atoms with Gasteiger partial charge in [0.2, 0.25) is 11.8 Å². The van der Waals surface area contributed by atoms with Crippen LogP contribution < -0.4 is 20.9 Å². The first-order valence-electron chi connectivity index (χ1n) is 24.9. The molecule has 1 unspecified atom stereocenters. The number of alkyl carbamates (subject to hydrolysis) is 1. The minimum absolute atomic E-state index is 0.0720. The third kappa shape index (κ3) is 12.4. The number of H-pyrrole nitrogens is 1. The number of anilines is 1. The summed E-state index contributed by atoms with van der Waals surface area (Å²) in [5, 5.41) is 9.01. The van der Waals surface area contributed by atoms with E-state index in [1.807, 2.05) is 78.9 Å². The fourth-order valence-electron chi connectivity index (χ4n) is 9.91. The van der Waals surface area contributed by atoms with Gasteiger partial charge in [-0.1, -0.05) is 97.1 Å². The van der Waals surface area contributed by atoms with Crippen molar-refractivity contribution >= 4 is 58.6 Å². The number of nitrogens with zero attached hydrogens (tertiary/aromatic N) is 2. The molecule has 0 aliphatic carbocycles. The van der Waals surface area contributed by atoms with Crippen molar-refractivity contribution in [1.82, 2.24) is 25.8 Å². The van der Waals surface area contributed by atoms with Crippen molar-refractivity contribution < 1.29 is 57.2 Å². The minimum Gasteiger partial charge on any atom is -0.467 e. The molecule has 1 aromatic heterocycles. The zero-order valence-electron chi connectivity index (χ0n) is 44.4. The Morgan fingerprint density at radius 2 is 1.12 bits per heavy atom. The average Bonchev–Trinajstić information content (AvgIpc) is 4.07. The van der Waals surface area contributed by atoms with Crippen LogP contribution in [-0.4, -0.2) is 113 Å². The second-order valence-corrected chi connectivity index (χ2v) is 21.8. The number of para-hydroxylation sites is 2. The summed E-state index contributed by atoms with van der Waals surface area (Å²) in [6.07, 6.45) is -2.27. The second-order valence-electron chi connectivity index (χ2n) is 21.8. The lowest BCUT2D eigenvalue weighted by atomic mass is 9.71. The number of carbonyl (C=O) groups is 7. The number of amides is 5. The number of ether oxygens (including phenoxy) is 5. The number of carbonyl (C=O) groups excluding carboxylic acids is 7. The van der Waals surface area contributed by atoms with Crippen LogP contribution >= 0.6 is 0 Å². The summed E-state index contributed by atoms with van der Waals surface area (Å²) in [5.41, 5.74) is -0.285. The lowest BCUT2D eigenvalue weighted by Crippen LogP contribution is -2.59. The lowest BCUT2D eigenvalue weighted by Gasteiger charge is -2.39. The Balaban J connectivity index is 1.38. The molecule has 0 spiro atoms. The van der Waals surface area contributed by atoms with Crippen LogP contribution in [0.1, 0.15) is 96.6 Å². The van der Waals surface area contributed by atoms with Gasteiger partial charge in [-0.3, -0.25) is 19.4 Å². The van der Waals surface area contributed by atoms with Gasteiger partial charge in [-0.15, -0.1) is 0 Å². The molecule has 18 nitrogen and oxygen atoms in total. The number of benzene rings is 4. The van der Waals surface area contributed by atoms with Crippen LogP contribution in [0.15, 0.2) is 109 Å². The number of esters is 2. The Morgan fingerprint density at radius 3 is 1.68 bits per heavy atom. The Hall–Kier alpha value is -7.89. The molecule has 4 aromatic carbocycles. The van der Waals surface area contributed by atoms with Gasteiger partial charge in [0.15, 0.2) is 0 Å². The SMILES string of the molecule is COC(=O)[C@@H](Cc1ccccc1)NC(=O)C(Cc1c[nH]c2c([C@]34C[C@@H](C(=O)N[C@H](Cc5ccccc5)C(=O)OC)N(C(=O)OC(C)(C)C)[C@H]3N(C(=O)OC(C)(C)C)c3ccccc34)cccc12)NC(=O)OC(C)(C)C. The van der Waals surface area contributed by atoms with Crippen molar-refractivity contribution in [2.75, 3.05) is 19.1 Å². The van der Waals surface area contributed by atoms with Crippen molar-refractivity contribution in [1.29, 1.82) is 0 Å². The molecule has 398 valence electrons.